The predicted octanol–water partition coefficient (Wildman–Crippen LogP) is 5.06. The maximum Gasteiger partial charge on any atom is 0.235 e. The van der Waals surface area contributed by atoms with E-state index < -0.39 is 0 Å². The summed E-state index contributed by atoms with van der Waals surface area (Å²) in [5, 5.41) is 22.1. The van der Waals surface area contributed by atoms with Crippen LogP contribution in [0.5, 0.6) is 0 Å². The van der Waals surface area contributed by atoms with E-state index in [0.717, 1.165) is 40.6 Å². The number of nitrogens with zero attached hydrogens (tertiary/aromatic N) is 3. The second kappa shape index (κ2) is 8.43. The molecular formula is C20H15BrN4OS2. The molecule has 1 aliphatic carbocycles. The maximum absolute atomic E-state index is 12.3. The number of halogens is 1. The topological polar surface area (TPSA) is 78.7 Å². The number of hydrogen-bond acceptors (Lipinski definition) is 6. The van der Waals surface area contributed by atoms with Gasteiger partial charge in [-0.3, -0.25) is 4.79 Å². The van der Waals surface area contributed by atoms with Crippen LogP contribution in [0, 0.1) is 11.3 Å². The number of benzene rings is 1. The zero-order valence-corrected chi connectivity index (χ0v) is 18.0. The van der Waals surface area contributed by atoms with Crippen LogP contribution in [-0.4, -0.2) is 21.9 Å². The largest absolute Gasteiger partial charge is 0.316 e. The lowest BCUT2D eigenvalue weighted by atomic mass is 10.1. The molecule has 0 unspecified atom stereocenters. The van der Waals surface area contributed by atoms with Gasteiger partial charge in [0.2, 0.25) is 5.91 Å². The zero-order chi connectivity index (χ0) is 19.5. The third kappa shape index (κ3) is 4.12. The Morgan fingerprint density at radius 2 is 2.04 bits per heavy atom. The zero-order valence-electron chi connectivity index (χ0n) is 14.7. The van der Waals surface area contributed by atoms with Gasteiger partial charge < -0.3 is 5.32 Å². The van der Waals surface area contributed by atoms with Crippen molar-refractivity contribution >= 4 is 49.9 Å². The molecule has 0 bridgehead atoms. The summed E-state index contributed by atoms with van der Waals surface area (Å²) < 4.78 is 1.01. The van der Waals surface area contributed by atoms with Gasteiger partial charge >= 0.3 is 0 Å². The van der Waals surface area contributed by atoms with Crippen molar-refractivity contribution < 1.29 is 4.79 Å². The molecule has 3 aromatic rings. The molecule has 1 N–H and O–H groups in total. The van der Waals surface area contributed by atoms with Crippen molar-refractivity contribution in [3.8, 4) is 17.3 Å². The highest BCUT2D eigenvalue weighted by Crippen LogP contribution is 2.38. The number of nitriles is 1. The molecule has 1 aromatic carbocycles. The number of carbonyl (C=O) groups excluding carboxylic acids is 1. The average molecular weight is 471 g/mol. The molecule has 4 rings (SSSR count). The van der Waals surface area contributed by atoms with Crippen LogP contribution in [0.25, 0.3) is 11.3 Å². The van der Waals surface area contributed by atoms with Gasteiger partial charge in [0, 0.05) is 14.9 Å². The van der Waals surface area contributed by atoms with Crippen molar-refractivity contribution in [1.29, 1.82) is 5.26 Å². The summed E-state index contributed by atoms with van der Waals surface area (Å²) in [7, 11) is 0. The number of aromatic nitrogens is 2. The van der Waals surface area contributed by atoms with E-state index >= 15 is 0 Å². The minimum atomic E-state index is -0.139. The highest BCUT2D eigenvalue weighted by molar-refractivity contribution is 9.10. The van der Waals surface area contributed by atoms with Gasteiger partial charge in [0.15, 0.2) is 0 Å². The molecule has 1 aliphatic rings. The Balaban J connectivity index is 1.36. The lowest BCUT2D eigenvalue weighted by Gasteiger charge is -2.05. The van der Waals surface area contributed by atoms with Crippen molar-refractivity contribution in [1.82, 2.24) is 10.2 Å². The number of thiophene rings is 1. The minimum absolute atomic E-state index is 0.139. The van der Waals surface area contributed by atoms with Crippen LogP contribution >= 0.6 is 39.0 Å². The molecule has 140 valence electrons. The van der Waals surface area contributed by atoms with E-state index in [1.165, 1.54) is 28.0 Å². The highest BCUT2D eigenvalue weighted by atomic mass is 79.9. The van der Waals surface area contributed by atoms with Gasteiger partial charge in [0.1, 0.15) is 16.1 Å². The van der Waals surface area contributed by atoms with Crippen LogP contribution in [0.4, 0.5) is 5.00 Å². The highest BCUT2D eigenvalue weighted by Gasteiger charge is 2.23. The van der Waals surface area contributed by atoms with Crippen LogP contribution in [0.2, 0.25) is 0 Å². The van der Waals surface area contributed by atoms with E-state index in [1.807, 2.05) is 36.4 Å². The van der Waals surface area contributed by atoms with Crippen molar-refractivity contribution in [2.24, 2.45) is 0 Å². The smallest absolute Gasteiger partial charge is 0.235 e. The van der Waals surface area contributed by atoms with Crippen molar-refractivity contribution in [3.63, 3.8) is 0 Å². The van der Waals surface area contributed by atoms with E-state index in [4.69, 9.17) is 0 Å². The maximum atomic E-state index is 12.3. The molecule has 8 heteroatoms. The molecule has 28 heavy (non-hydrogen) atoms. The summed E-state index contributed by atoms with van der Waals surface area (Å²) >= 11 is 6.27. The van der Waals surface area contributed by atoms with E-state index in [1.54, 1.807) is 0 Å². The first-order valence-corrected chi connectivity index (χ1v) is 11.3. The molecule has 5 nitrogen and oxygen atoms in total. The molecule has 2 aromatic heterocycles. The van der Waals surface area contributed by atoms with E-state index in [0.29, 0.717) is 15.6 Å². The van der Waals surface area contributed by atoms with Gasteiger partial charge in [-0.25, -0.2) is 0 Å². The normalized spacial score (nSPS) is 12.4. The standard InChI is InChI=1S/C20H15BrN4OS2/c21-13-6-4-12(5-7-13)16-8-9-19(25-24-16)27-11-18(26)23-20-15(10-22)14-2-1-3-17(14)28-20/h4-9H,1-3,11H2,(H,23,26). The summed E-state index contributed by atoms with van der Waals surface area (Å²) in [5.41, 5.74) is 3.52. The number of anilines is 1. The van der Waals surface area contributed by atoms with Crippen LogP contribution < -0.4 is 5.32 Å². The molecule has 0 fully saturated rings. The van der Waals surface area contributed by atoms with E-state index in [2.05, 4.69) is 37.5 Å². The van der Waals surface area contributed by atoms with Gasteiger partial charge in [-0.15, -0.1) is 21.5 Å². The Morgan fingerprint density at radius 3 is 2.75 bits per heavy atom. The summed E-state index contributed by atoms with van der Waals surface area (Å²) in [6, 6.07) is 13.9. The lowest BCUT2D eigenvalue weighted by Crippen LogP contribution is -2.14. The number of rotatable bonds is 5. The second-order valence-electron chi connectivity index (χ2n) is 6.27. The summed E-state index contributed by atoms with van der Waals surface area (Å²) in [6.07, 6.45) is 3.02. The summed E-state index contributed by atoms with van der Waals surface area (Å²) in [5.74, 6) is 0.0833. The molecule has 0 aliphatic heterocycles. The molecule has 0 spiro atoms. The minimum Gasteiger partial charge on any atom is -0.316 e. The first kappa shape index (κ1) is 19.1. The van der Waals surface area contributed by atoms with Crippen molar-refractivity contribution in [2.75, 3.05) is 11.1 Å². The number of nitrogens with one attached hydrogen (secondary N) is 1. The molecule has 2 heterocycles. The Labute approximate surface area is 179 Å². The first-order chi connectivity index (χ1) is 13.6. The van der Waals surface area contributed by atoms with Crippen LogP contribution in [-0.2, 0) is 17.6 Å². The number of hydrogen-bond donors (Lipinski definition) is 1. The predicted molar refractivity (Wildman–Crippen MR) is 116 cm³/mol. The van der Waals surface area contributed by atoms with Gasteiger partial charge in [0.05, 0.1) is 17.0 Å². The SMILES string of the molecule is N#Cc1c(NC(=O)CSc2ccc(-c3ccc(Br)cc3)nn2)sc2c1CCC2. The van der Waals surface area contributed by atoms with Crippen LogP contribution in [0.15, 0.2) is 45.9 Å². The van der Waals surface area contributed by atoms with Gasteiger partial charge in [-0.1, -0.05) is 39.8 Å². The summed E-state index contributed by atoms with van der Waals surface area (Å²) in [6.45, 7) is 0. The Kier molecular flexibility index (Phi) is 5.76. The fourth-order valence-electron chi connectivity index (χ4n) is 3.08. The first-order valence-electron chi connectivity index (χ1n) is 8.71. The number of thioether (sulfide) groups is 1. The number of amides is 1. The second-order valence-corrected chi connectivity index (χ2v) is 9.29. The van der Waals surface area contributed by atoms with Crippen molar-refractivity contribution in [3.05, 3.63) is 56.9 Å². The monoisotopic (exact) mass is 470 g/mol. The Hall–Kier alpha value is -2.21. The van der Waals surface area contributed by atoms with E-state index in [9.17, 15) is 10.1 Å². The quantitative estimate of drug-likeness (QED) is 0.527. The Morgan fingerprint density at radius 1 is 1.21 bits per heavy atom. The van der Waals surface area contributed by atoms with Crippen molar-refractivity contribution in [2.45, 2.75) is 24.3 Å². The number of carbonyl (C=O) groups is 1. The Bertz CT molecular complexity index is 1060. The third-order valence-corrected chi connectivity index (χ3v) is 7.07. The fourth-order valence-corrected chi connectivity index (χ4v) is 5.22. The molecular weight excluding hydrogens is 456 g/mol. The molecule has 0 atom stereocenters. The summed E-state index contributed by atoms with van der Waals surface area (Å²) in [4.78, 5) is 13.5. The molecule has 0 saturated carbocycles. The van der Waals surface area contributed by atoms with Gasteiger partial charge in [-0.2, -0.15) is 5.26 Å². The van der Waals surface area contributed by atoms with E-state index in [-0.39, 0.29) is 11.7 Å². The van der Waals surface area contributed by atoms with Gasteiger partial charge in [0.25, 0.3) is 0 Å². The third-order valence-electron chi connectivity index (χ3n) is 4.42. The van der Waals surface area contributed by atoms with Crippen LogP contribution in [0.3, 0.4) is 0 Å². The fraction of sp³-hybridized carbons (Fsp3) is 0.200. The molecule has 0 radical (unpaired) electrons. The molecule has 1 amide bonds. The average Bonchev–Trinajstić information content (AvgIpc) is 3.28. The number of aryl methyl sites for hydroxylation is 1. The molecule has 0 saturated heterocycles. The number of fused-ring (bicyclic) bond motifs is 1. The lowest BCUT2D eigenvalue weighted by molar-refractivity contribution is -0.113. The van der Waals surface area contributed by atoms with Crippen LogP contribution in [0.1, 0.15) is 22.4 Å². The van der Waals surface area contributed by atoms with Gasteiger partial charge in [-0.05, 0) is 49.1 Å².